The third-order valence-electron chi connectivity index (χ3n) is 3.02. The summed E-state index contributed by atoms with van der Waals surface area (Å²) in [6.45, 7) is -0.0365. The van der Waals surface area contributed by atoms with Crippen molar-refractivity contribution in [3.05, 3.63) is 71.8 Å². The average Bonchev–Trinajstić information content (AvgIpc) is 2.48. The van der Waals surface area contributed by atoms with Gasteiger partial charge in [-0.15, -0.1) is 0 Å². The number of hydrogen-bond donors (Lipinski definition) is 1. The number of aliphatic hydroxyl groups is 1. The van der Waals surface area contributed by atoms with Crippen molar-refractivity contribution in [2.24, 2.45) is 0 Å². The highest BCUT2D eigenvalue weighted by molar-refractivity contribution is 7.85. The quantitative estimate of drug-likeness (QED) is 0.799. The summed E-state index contributed by atoms with van der Waals surface area (Å²) in [5.41, 5.74) is 1.43. The second-order valence-electron chi connectivity index (χ2n) is 4.72. The topological polar surface area (TPSA) is 63.6 Å². The van der Waals surface area contributed by atoms with Gasteiger partial charge in [0.05, 0.1) is 12.7 Å². The predicted molar refractivity (Wildman–Crippen MR) is 81.0 cm³/mol. The molecule has 112 valence electrons. The van der Waals surface area contributed by atoms with Crippen molar-refractivity contribution in [3.8, 4) is 0 Å². The van der Waals surface area contributed by atoms with Crippen molar-refractivity contribution >= 4 is 10.1 Å². The molecule has 2 aromatic carbocycles. The molecule has 0 aromatic heterocycles. The van der Waals surface area contributed by atoms with Gasteiger partial charge in [-0.1, -0.05) is 60.7 Å². The van der Waals surface area contributed by atoms with Gasteiger partial charge in [0.2, 0.25) is 0 Å². The van der Waals surface area contributed by atoms with Crippen LogP contribution in [0, 0.1) is 0 Å². The number of hydrogen-bond acceptors (Lipinski definition) is 4. The molecule has 1 atom stereocenters. The molecule has 0 bridgehead atoms. The SMILES string of the molecule is O=S(=O)(Cc1ccccc1)OCC[C@H](O)c1ccccc1. The molecular formula is C16H18O4S. The summed E-state index contributed by atoms with van der Waals surface area (Å²) < 4.78 is 28.6. The summed E-state index contributed by atoms with van der Waals surface area (Å²) in [6.07, 6.45) is -0.490. The van der Waals surface area contributed by atoms with Crippen molar-refractivity contribution in [3.63, 3.8) is 0 Å². The summed E-state index contributed by atoms with van der Waals surface area (Å²) in [5.74, 6) is -0.157. The van der Waals surface area contributed by atoms with E-state index in [2.05, 4.69) is 0 Å². The predicted octanol–water partition coefficient (Wildman–Crippen LogP) is 2.66. The maximum atomic E-state index is 11.8. The van der Waals surface area contributed by atoms with E-state index in [1.54, 1.807) is 36.4 Å². The zero-order valence-corrected chi connectivity index (χ0v) is 12.4. The summed E-state index contributed by atoms with van der Waals surface area (Å²) in [4.78, 5) is 0. The van der Waals surface area contributed by atoms with Gasteiger partial charge < -0.3 is 5.11 Å². The lowest BCUT2D eigenvalue weighted by molar-refractivity contribution is 0.142. The maximum absolute atomic E-state index is 11.8. The van der Waals surface area contributed by atoms with Crippen molar-refractivity contribution in [1.82, 2.24) is 0 Å². The summed E-state index contributed by atoms with van der Waals surface area (Å²) >= 11 is 0. The molecule has 0 fully saturated rings. The minimum Gasteiger partial charge on any atom is -0.388 e. The van der Waals surface area contributed by atoms with Crippen LogP contribution in [-0.2, 0) is 20.1 Å². The molecule has 0 heterocycles. The van der Waals surface area contributed by atoms with Gasteiger partial charge in [0.25, 0.3) is 10.1 Å². The van der Waals surface area contributed by atoms with Crippen LogP contribution < -0.4 is 0 Å². The van der Waals surface area contributed by atoms with E-state index >= 15 is 0 Å². The fourth-order valence-electron chi connectivity index (χ4n) is 1.95. The molecule has 0 saturated carbocycles. The zero-order valence-electron chi connectivity index (χ0n) is 11.6. The Balaban J connectivity index is 1.82. The molecule has 1 N–H and O–H groups in total. The van der Waals surface area contributed by atoms with Gasteiger partial charge in [-0.2, -0.15) is 8.42 Å². The Bertz CT molecular complexity index is 638. The molecule has 0 radical (unpaired) electrons. The Morgan fingerprint density at radius 2 is 1.52 bits per heavy atom. The molecule has 4 nitrogen and oxygen atoms in total. The van der Waals surface area contributed by atoms with Crippen molar-refractivity contribution < 1.29 is 17.7 Å². The monoisotopic (exact) mass is 306 g/mol. The Hall–Kier alpha value is -1.69. The van der Waals surface area contributed by atoms with Crippen LogP contribution in [0.2, 0.25) is 0 Å². The molecular weight excluding hydrogens is 288 g/mol. The van der Waals surface area contributed by atoms with E-state index in [4.69, 9.17) is 4.18 Å². The molecule has 0 aliphatic carbocycles. The lowest BCUT2D eigenvalue weighted by Gasteiger charge is -2.11. The van der Waals surface area contributed by atoms with Gasteiger partial charge in [0, 0.05) is 6.42 Å². The van der Waals surface area contributed by atoms with E-state index < -0.39 is 16.2 Å². The van der Waals surface area contributed by atoms with E-state index in [0.29, 0.717) is 5.56 Å². The normalized spacial score (nSPS) is 13.0. The van der Waals surface area contributed by atoms with Gasteiger partial charge in [0.1, 0.15) is 5.75 Å². The Kier molecular flexibility index (Phi) is 5.50. The lowest BCUT2D eigenvalue weighted by atomic mass is 10.1. The first-order valence-electron chi connectivity index (χ1n) is 6.71. The van der Waals surface area contributed by atoms with Crippen LogP contribution in [-0.4, -0.2) is 20.1 Å². The minimum atomic E-state index is -3.62. The molecule has 2 rings (SSSR count). The van der Waals surface area contributed by atoms with Crippen LogP contribution in [0.3, 0.4) is 0 Å². The van der Waals surface area contributed by atoms with Crippen LogP contribution in [0.4, 0.5) is 0 Å². The third-order valence-corrected chi connectivity index (χ3v) is 4.24. The third kappa shape index (κ3) is 5.30. The van der Waals surface area contributed by atoms with Gasteiger partial charge in [-0.05, 0) is 11.1 Å². The van der Waals surface area contributed by atoms with E-state index in [0.717, 1.165) is 5.56 Å². The summed E-state index contributed by atoms with van der Waals surface area (Å²) in [7, 11) is -3.62. The smallest absolute Gasteiger partial charge is 0.271 e. The first-order chi connectivity index (χ1) is 10.1. The minimum absolute atomic E-state index is 0.0365. The fourth-order valence-corrected chi connectivity index (χ4v) is 2.98. The van der Waals surface area contributed by atoms with Crippen molar-refractivity contribution in [2.75, 3.05) is 6.61 Å². The molecule has 2 aromatic rings. The molecule has 0 saturated heterocycles. The van der Waals surface area contributed by atoms with Gasteiger partial charge in [0.15, 0.2) is 0 Å². The molecule has 5 heteroatoms. The summed E-state index contributed by atoms with van der Waals surface area (Å²) in [5, 5.41) is 9.93. The summed E-state index contributed by atoms with van der Waals surface area (Å²) in [6, 6.07) is 18.0. The second-order valence-corrected chi connectivity index (χ2v) is 6.36. The lowest BCUT2D eigenvalue weighted by Crippen LogP contribution is -2.12. The largest absolute Gasteiger partial charge is 0.388 e. The highest BCUT2D eigenvalue weighted by atomic mass is 32.2. The Morgan fingerprint density at radius 3 is 2.14 bits per heavy atom. The Morgan fingerprint density at radius 1 is 0.952 bits per heavy atom. The second kappa shape index (κ2) is 7.36. The molecule has 0 aliphatic rings. The number of aliphatic hydroxyl groups excluding tert-OH is 1. The highest BCUT2D eigenvalue weighted by Crippen LogP contribution is 2.16. The van der Waals surface area contributed by atoms with E-state index in [1.165, 1.54) is 0 Å². The van der Waals surface area contributed by atoms with Crippen LogP contribution in [0.5, 0.6) is 0 Å². The first kappa shape index (κ1) is 15.7. The first-order valence-corrected chi connectivity index (χ1v) is 8.28. The Labute approximate surface area is 125 Å². The van der Waals surface area contributed by atoms with Crippen molar-refractivity contribution in [1.29, 1.82) is 0 Å². The molecule has 0 amide bonds. The molecule has 0 unspecified atom stereocenters. The zero-order chi connectivity index (χ0) is 15.1. The van der Waals surface area contributed by atoms with Gasteiger partial charge >= 0.3 is 0 Å². The highest BCUT2D eigenvalue weighted by Gasteiger charge is 2.14. The van der Waals surface area contributed by atoms with E-state index in [1.807, 2.05) is 24.3 Å². The van der Waals surface area contributed by atoms with Crippen molar-refractivity contribution in [2.45, 2.75) is 18.3 Å². The van der Waals surface area contributed by atoms with Crippen LogP contribution in [0.1, 0.15) is 23.7 Å². The number of benzene rings is 2. The number of rotatable bonds is 7. The molecule has 0 spiro atoms. The fraction of sp³-hybridized carbons (Fsp3) is 0.250. The maximum Gasteiger partial charge on any atom is 0.271 e. The van der Waals surface area contributed by atoms with E-state index in [-0.39, 0.29) is 18.8 Å². The molecule has 21 heavy (non-hydrogen) atoms. The molecule has 0 aliphatic heterocycles. The van der Waals surface area contributed by atoms with E-state index in [9.17, 15) is 13.5 Å². The average molecular weight is 306 g/mol. The van der Waals surface area contributed by atoms with Gasteiger partial charge in [-0.3, -0.25) is 4.18 Å². The van der Waals surface area contributed by atoms with Gasteiger partial charge in [-0.25, -0.2) is 0 Å². The van der Waals surface area contributed by atoms with Crippen LogP contribution in [0.15, 0.2) is 60.7 Å². The standard InChI is InChI=1S/C16H18O4S/c17-16(15-9-5-2-6-10-15)11-12-20-21(18,19)13-14-7-3-1-4-8-14/h1-10,16-17H,11-13H2/t16-/m0/s1. The van der Waals surface area contributed by atoms with Crippen LogP contribution >= 0.6 is 0 Å². The van der Waals surface area contributed by atoms with Crippen LogP contribution in [0.25, 0.3) is 0 Å².